The van der Waals surface area contributed by atoms with Crippen molar-refractivity contribution in [2.24, 2.45) is 0 Å². The van der Waals surface area contributed by atoms with E-state index >= 15 is 0 Å². The van der Waals surface area contributed by atoms with E-state index in [1.54, 1.807) is 31.1 Å². The van der Waals surface area contributed by atoms with Gasteiger partial charge in [0.1, 0.15) is 54.9 Å². The van der Waals surface area contributed by atoms with Gasteiger partial charge >= 0.3 is 18.1 Å². The zero-order valence-electron chi connectivity index (χ0n) is 40.6. The molecule has 1 aromatic heterocycles. The van der Waals surface area contributed by atoms with Crippen molar-refractivity contribution in [1.82, 2.24) is 10.2 Å². The third-order valence-corrected chi connectivity index (χ3v) is 10.5. The predicted molar refractivity (Wildman–Crippen MR) is 271 cm³/mol. The van der Waals surface area contributed by atoms with E-state index in [-0.39, 0.29) is 47.1 Å². The molecule has 73 heavy (non-hydrogen) atoms. The summed E-state index contributed by atoms with van der Waals surface area (Å²) < 4.78 is 69.3. The van der Waals surface area contributed by atoms with Crippen LogP contribution in [0.5, 0.6) is 11.5 Å². The minimum atomic E-state index is -4.58. The molecule has 5 rings (SSSR count). The van der Waals surface area contributed by atoms with Crippen molar-refractivity contribution in [3.63, 3.8) is 0 Å². The molecule has 0 radical (unpaired) electrons. The normalized spacial score (nSPS) is 14.4. The van der Waals surface area contributed by atoms with E-state index in [2.05, 4.69) is 25.7 Å². The van der Waals surface area contributed by atoms with E-state index in [1.807, 2.05) is 43.4 Å². The molecule has 0 saturated carbocycles. The number of hydrogen-bond acceptors (Lipinski definition) is 13. The number of carboxylic acid groups (broad SMARTS) is 2. The molecule has 2 heterocycles. The largest absolute Gasteiger partial charge is 0.778 e. The molecule has 1 saturated heterocycles. The number of alkyl halides is 6. The lowest BCUT2D eigenvalue weighted by atomic mass is 10.0. The highest BCUT2D eigenvalue weighted by molar-refractivity contribution is 7.94. The molecule has 2 unspecified atom stereocenters. The molecule has 1 fully saturated rings. The Labute approximate surface area is 442 Å². The second-order valence-electron chi connectivity index (χ2n) is 15.7. The number of nitrogens with one attached hydrogen (secondary N) is 1. The minimum Gasteiger partial charge on any atom is -0.778 e. The summed E-state index contributed by atoms with van der Waals surface area (Å²) in [6.07, 6.45) is 3.46. The van der Waals surface area contributed by atoms with E-state index in [0.717, 1.165) is 53.6 Å². The van der Waals surface area contributed by atoms with Crippen LogP contribution in [-0.4, -0.2) is 117 Å². The summed E-state index contributed by atoms with van der Waals surface area (Å²) in [5.74, 6) is -2.84. The summed E-state index contributed by atoms with van der Waals surface area (Å²) in [5.41, 5.74) is 0.139. The molecule has 0 aliphatic carbocycles. The number of nitro benzene ring substituents is 1. The summed E-state index contributed by atoms with van der Waals surface area (Å²) in [4.78, 5) is 74.5. The molecule has 28 heteroatoms. The first-order valence-electron chi connectivity index (χ1n) is 21.2. The third kappa shape index (κ3) is 23.6. The lowest BCUT2D eigenvalue weighted by Gasteiger charge is -2.29. The Hall–Kier alpha value is -4.65. The predicted octanol–water partition coefficient (Wildman–Crippen LogP) is 9.26. The maximum Gasteiger partial charge on any atom is 0.416 e. The van der Waals surface area contributed by atoms with Gasteiger partial charge in [-0.3, -0.25) is 34.7 Å². The van der Waals surface area contributed by atoms with Crippen molar-refractivity contribution < 1.29 is 80.5 Å². The van der Waals surface area contributed by atoms with Gasteiger partial charge < -0.3 is 48.1 Å². The standard InChI is InChI=1S/C14H7ClF3NO5.C14H20ClNO2.C11H13Cl2NO3.C3H8NO5P.C3H9S/c15-10-5-7(14(16,17)18)1-4-12(10)24-8-2-3-11(19(22)23)9(6-8)13(20)21;1-4-12-8-6-7-11(3)14(12)16(10-18-5-2)13(17)9-15;1-11(2)14(10(15)9(12)13)6-8(17-11)7-4-3-5-16-7;5-3(6)1-4-2-10(7,8)9;1-4(2)3/h1-6H,(H,20,21);6-8H,4-5,9-10H2,1-3H3;3-5,8-9H,6H2,1-2H3;4H,1-2H2,(H,5,6)(H2,7,8,9);1-3H3/q;;;;+1/p-1. The van der Waals surface area contributed by atoms with Crippen LogP contribution in [-0.2, 0) is 51.9 Å². The Bertz CT molecular complexity index is 2480. The number of hydrogen-bond donors (Lipinski definition) is 4. The van der Waals surface area contributed by atoms with Crippen LogP contribution >= 0.6 is 54.0 Å². The van der Waals surface area contributed by atoms with E-state index in [4.69, 9.17) is 80.1 Å². The van der Waals surface area contributed by atoms with Crippen LogP contribution < -0.4 is 19.8 Å². The van der Waals surface area contributed by atoms with Gasteiger partial charge in [-0.15, -0.1) is 11.6 Å². The zero-order valence-corrected chi connectivity index (χ0v) is 45.4. The number of carbonyl (C=O) groups excluding carboxylic acids is 2. The van der Waals surface area contributed by atoms with E-state index in [9.17, 15) is 51.9 Å². The molecule has 4 N–H and O–H groups in total. The molecular weight excluding hydrogens is 1100 g/mol. The number of ether oxygens (including phenoxy) is 3. The fraction of sp³-hybridized carbons (Fsp3) is 0.422. The van der Waals surface area contributed by atoms with Crippen LogP contribution in [0.4, 0.5) is 24.5 Å². The Balaban J connectivity index is 0.000000491. The molecule has 4 aromatic rings. The number of furan rings is 1. The molecule has 3 aromatic carbocycles. The fourth-order valence-corrected chi connectivity index (χ4v) is 6.93. The molecular formula is C45H56Cl4F3N4O15PS. The number of rotatable bonds is 16. The quantitative estimate of drug-likeness (QED) is 0.0203. The second-order valence-corrected chi connectivity index (χ2v) is 21.5. The Morgan fingerprint density at radius 2 is 1.68 bits per heavy atom. The Kier molecular flexibility index (Phi) is 28.4. The lowest BCUT2D eigenvalue weighted by Crippen LogP contribution is -2.45. The van der Waals surface area contributed by atoms with Crippen molar-refractivity contribution >= 4 is 100 Å². The van der Waals surface area contributed by atoms with Crippen molar-refractivity contribution in [1.29, 1.82) is 0 Å². The molecule has 1 aliphatic rings. The number of benzene rings is 3. The lowest BCUT2D eigenvalue weighted by molar-refractivity contribution is -0.385. The Morgan fingerprint density at radius 1 is 1.05 bits per heavy atom. The summed E-state index contributed by atoms with van der Waals surface area (Å²) >= 11 is 22.6. The highest BCUT2D eigenvalue weighted by atomic mass is 35.5. The van der Waals surface area contributed by atoms with Crippen molar-refractivity contribution in [3.05, 3.63) is 116 Å². The molecule has 0 spiro atoms. The first-order valence-corrected chi connectivity index (χ1v) is 27.2. The highest BCUT2D eigenvalue weighted by Crippen LogP contribution is 2.38. The number of nitrogens with zero attached hydrogens (tertiary/aromatic N) is 3. The van der Waals surface area contributed by atoms with Crippen molar-refractivity contribution in [2.45, 2.75) is 63.9 Å². The number of carboxylic acids is 2. The maximum atomic E-state index is 12.6. The molecule has 2 atom stereocenters. The number of aryl methyl sites for hydroxylation is 2. The zero-order chi connectivity index (χ0) is 56.0. The third-order valence-electron chi connectivity index (χ3n) is 9.02. The molecule has 19 nitrogen and oxygen atoms in total. The van der Waals surface area contributed by atoms with Gasteiger partial charge in [0, 0.05) is 18.7 Å². The van der Waals surface area contributed by atoms with Crippen LogP contribution in [0.1, 0.15) is 66.6 Å². The monoisotopic (exact) mass is 1150 g/mol. The van der Waals surface area contributed by atoms with E-state index in [1.165, 1.54) is 4.90 Å². The van der Waals surface area contributed by atoms with E-state index < -0.39 is 70.8 Å². The number of anilines is 1. The van der Waals surface area contributed by atoms with Crippen LogP contribution in [0.15, 0.2) is 77.4 Å². The van der Waals surface area contributed by atoms with Gasteiger partial charge in [-0.2, -0.15) is 13.2 Å². The summed E-state index contributed by atoms with van der Waals surface area (Å²) in [5, 5.41) is 29.4. The number of para-hydroxylation sites is 1. The van der Waals surface area contributed by atoms with Gasteiger partial charge in [0.05, 0.1) is 65.6 Å². The highest BCUT2D eigenvalue weighted by Gasteiger charge is 2.45. The number of carbonyl (C=O) groups is 4. The minimum absolute atomic E-state index is 0.0371. The smallest absolute Gasteiger partial charge is 0.416 e. The van der Waals surface area contributed by atoms with Gasteiger partial charge in [0.2, 0.25) is 5.91 Å². The molecule has 406 valence electrons. The number of aromatic carboxylic acids is 1. The van der Waals surface area contributed by atoms with Gasteiger partial charge in [-0.25, -0.2) is 4.79 Å². The van der Waals surface area contributed by atoms with Crippen LogP contribution in [0.3, 0.4) is 0 Å². The molecule has 2 amide bonds. The number of amides is 2. The van der Waals surface area contributed by atoms with Crippen LogP contribution in [0, 0.1) is 17.0 Å². The fourth-order valence-electron chi connectivity index (χ4n) is 5.94. The van der Waals surface area contributed by atoms with E-state index in [0.29, 0.717) is 35.9 Å². The molecule has 0 bridgehead atoms. The average Bonchev–Trinajstić information content (AvgIpc) is 3.94. The second kappa shape index (κ2) is 31.3. The van der Waals surface area contributed by atoms with Gasteiger partial charge in [-0.05, 0) is 92.5 Å². The first kappa shape index (κ1) is 66.4. The van der Waals surface area contributed by atoms with Crippen molar-refractivity contribution in [3.8, 4) is 11.5 Å². The summed E-state index contributed by atoms with van der Waals surface area (Å²) in [6, 6.07) is 14.9. The topological polar surface area (TPSA) is 272 Å². The van der Waals surface area contributed by atoms with Crippen LogP contribution in [0.2, 0.25) is 5.02 Å². The summed E-state index contributed by atoms with van der Waals surface area (Å²) in [7, 11) is -3.71. The molecule has 1 aliphatic heterocycles. The number of nitro groups is 1. The van der Waals surface area contributed by atoms with Crippen molar-refractivity contribution in [2.75, 3.05) is 62.3 Å². The van der Waals surface area contributed by atoms with Gasteiger partial charge in [-0.1, -0.05) is 59.9 Å². The first-order chi connectivity index (χ1) is 33.8. The SMILES string of the molecule is CC1(C)OC(c2ccco2)CN1C(=O)C(Cl)Cl.CCOCN(C(=O)CCl)c1c(C)cccc1CC.C[S+](C)C.O=C(O)CNCP(=O)([O-])O.O=C(O)c1cc(Oc2ccc(C(F)(F)F)cc2Cl)ccc1[N+](=O)[O-]. The average molecular weight is 1150 g/mol. The summed E-state index contributed by atoms with van der Waals surface area (Å²) in [6.45, 7) is 10.3. The number of halogens is 7. The Morgan fingerprint density at radius 3 is 2.15 bits per heavy atom. The maximum absolute atomic E-state index is 12.6. The number of aliphatic carboxylic acids is 1. The van der Waals surface area contributed by atoms with Gasteiger partial charge in [0.15, 0.2) is 4.84 Å². The van der Waals surface area contributed by atoms with Crippen LogP contribution in [0.25, 0.3) is 0 Å². The van der Waals surface area contributed by atoms with Gasteiger partial charge in [0.25, 0.3) is 11.6 Å².